The zero-order valence-electron chi connectivity index (χ0n) is 17.5. The minimum Gasteiger partial charge on any atom is -0.490 e. The van der Waals surface area contributed by atoms with Gasteiger partial charge in [-0.25, -0.2) is 4.39 Å². The van der Waals surface area contributed by atoms with Gasteiger partial charge in [0.25, 0.3) is 5.91 Å². The van der Waals surface area contributed by atoms with E-state index in [0.717, 1.165) is 11.1 Å². The molecule has 3 rings (SSSR count). The van der Waals surface area contributed by atoms with Crippen LogP contribution in [-0.2, 0) is 11.4 Å². The van der Waals surface area contributed by atoms with Crippen molar-refractivity contribution in [1.82, 2.24) is 4.90 Å². The van der Waals surface area contributed by atoms with E-state index >= 15 is 0 Å². The van der Waals surface area contributed by atoms with Gasteiger partial charge in [-0.1, -0.05) is 50.0 Å². The van der Waals surface area contributed by atoms with Crippen LogP contribution in [0.2, 0.25) is 0 Å². The normalized spacial score (nSPS) is 15.3. The Morgan fingerprint density at radius 1 is 1.23 bits per heavy atom. The number of amides is 1. The van der Waals surface area contributed by atoms with E-state index in [2.05, 4.69) is 29.8 Å². The van der Waals surface area contributed by atoms with Crippen molar-refractivity contribution in [1.29, 1.82) is 0 Å². The summed E-state index contributed by atoms with van der Waals surface area (Å²) in [4.78, 5) is 15.0. The molecule has 0 aliphatic carbocycles. The molecule has 1 fully saturated rings. The molecule has 164 valence electrons. The fourth-order valence-electron chi connectivity index (χ4n) is 2.98. The van der Waals surface area contributed by atoms with E-state index < -0.39 is 0 Å². The average Bonchev–Trinajstić information content (AvgIpc) is 2.96. The molecule has 2 aromatic rings. The first-order valence-electron chi connectivity index (χ1n) is 9.87. The lowest BCUT2D eigenvalue weighted by Gasteiger charge is -2.16. The lowest BCUT2D eigenvalue weighted by atomic mass is 10.1. The summed E-state index contributed by atoms with van der Waals surface area (Å²) < 4.78 is 26.1. The molecule has 0 spiro atoms. The Kier molecular flexibility index (Phi) is 8.13. The topological polar surface area (TPSA) is 38.8 Å². The Labute approximate surface area is 199 Å². The van der Waals surface area contributed by atoms with Crippen LogP contribution in [0.5, 0.6) is 11.5 Å². The van der Waals surface area contributed by atoms with Crippen molar-refractivity contribution in [2.24, 2.45) is 5.92 Å². The molecule has 2 aromatic carbocycles. The van der Waals surface area contributed by atoms with Crippen LogP contribution in [0.25, 0.3) is 6.08 Å². The molecule has 0 saturated carbocycles. The number of rotatable bonds is 8. The number of thiocarbonyl (C=S) groups is 1. The fourth-order valence-corrected chi connectivity index (χ4v) is 4.83. The van der Waals surface area contributed by atoms with Gasteiger partial charge in [0, 0.05) is 6.54 Å². The second-order valence-corrected chi connectivity index (χ2v) is 9.89. The quantitative estimate of drug-likeness (QED) is 0.294. The number of thioether (sulfide) groups is 1. The predicted octanol–water partition coefficient (Wildman–Crippen LogP) is 6.42. The van der Waals surface area contributed by atoms with E-state index in [1.54, 1.807) is 17.0 Å². The van der Waals surface area contributed by atoms with Crippen LogP contribution in [0.3, 0.4) is 0 Å². The van der Waals surface area contributed by atoms with Gasteiger partial charge in [-0.3, -0.25) is 9.69 Å². The number of carbonyl (C=O) groups excluding carboxylic acids is 1. The van der Waals surface area contributed by atoms with Crippen molar-refractivity contribution < 1.29 is 18.7 Å². The van der Waals surface area contributed by atoms with Crippen LogP contribution >= 0.6 is 39.9 Å². The van der Waals surface area contributed by atoms with Crippen LogP contribution in [0.1, 0.15) is 31.9 Å². The van der Waals surface area contributed by atoms with Gasteiger partial charge in [-0.15, -0.1) is 0 Å². The molecule has 0 atom stereocenters. The molecule has 1 aliphatic heterocycles. The number of hydrogen-bond acceptors (Lipinski definition) is 5. The molecule has 0 unspecified atom stereocenters. The zero-order chi connectivity index (χ0) is 22.5. The lowest BCUT2D eigenvalue weighted by Crippen LogP contribution is -2.31. The molecule has 1 amide bonds. The molecule has 0 N–H and O–H groups in total. The molecular weight excluding hydrogens is 501 g/mol. The highest BCUT2D eigenvalue weighted by Crippen LogP contribution is 2.40. The van der Waals surface area contributed by atoms with Crippen molar-refractivity contribution in [2.45, 2.75) is 27.4 Å². The number of ether oxygens (including phenoxy) is 2. The summed E-state index contributed by atoms with van der Waals surface area (Å²) in [7, 11) is 0. The highest BCUT2D eigenvalue weighted by atomic mass is 79.9. The molecule has 0 radical (unpaired) electrons. The SMILES string of the molecule is CCOc1cc(/C=C2\SC(=S)N(CC(C)C)C2=O)cc(Br)c1OCc1ccc(F)cc1. The molecule has 1 heterocycles. The Hall–Kier alpha value is -1.90. The van der Waals surface area contributed by atoms with E-state index in [0.29, 0.717) is 44.3 Å². The van der Waals surface area contributed by atoms with E-state index in [9.17, 15) is 9.18 Å². The van der Waals surface area contributed by atoms with Crippen molar-refractivity contribution in [3.63, 3.8) is 0 Å². The molecule has 31 heavy (non-hydrogen) atoms. The lowest BCUT2D eigenvalue weighted by molar-refractivity contribution is -0.122. The number of benzene rings is 2. The van der Waals surface area contributed by atoms with Crippen molar-refractivity contribution in [3.05, 3.63) is 62.7 Å². The monoisotopic (exact) mass is 523 g/mol. The molecule has 8 heteroatoms. The van der Waals surface area contributed by atoms with Crippen LogP contribution in [0.4, 0.5) is 4.39 Å². The average molecular weight is 524 g/mol. The van der Waals surface area contributed by atoms with Gasteiger partial charge >= 0.3 is 0 Å². The predicted molar refractivity (Wildman–Crippen MR) is 131 cm³/mol. The number of carbonyl (C=O) groups is 1. The zero-order valence-corrected chi connectivity index (χ0v) is 20.7. The largest absolute Gasteiger partial charge is 0.490 e. The Morgan fingerprint density at radius 2 is 1.94 bits per heavy atom. The number of nitrogens with zero attached hydrogens (tertiary/aromatic N) is 1. The van der Waals surface area contributed by atoms with Gasteiger partial charge in [0.15, 0.2) is 11.5 Å². The highest BCUT2D eigenvalue weighted by Gasteiger charge is 2.32. The molecule has 1 aliphatic rings. The van der Waals surface area contributed by atoms with Gasteiger partial charge in [0.05, 0.1) is 16.0 Å². The summed E-state index contributed by atoms with van der Waals surface area (Å²) in [6.45, 7) is 7.33. The molecule has 0 aromatic heterocycles. The smallest absolute Gasteiger partial charge is 0.266 e. The summed E-state index contributed by atoms with van der Waals surface area (Å²) in [6.07, 6.45) is 1.82. The van der Waals surface area contributed by atoms with Crippen LogP contribution < -0.4 is 9.47 Å². The summed E-state index contributed by atoms with van der Waals surface area (Å²) in [5.74, 6) is 1.08. The van der Waals surface area contributed by atoms with Crippen molar-refractivity contribution in [2.75, 3.05) is 13.2 Å². The minimum absolute atomic E-state index is 0.0746. The van der Waals surface area contributed by atoms with Crippen LogP contribution in [-0.4, -0.2) is 28.3 Å². The highest BCUT2D eigenvalue weighted by molar-refractivity contribution is 9.10. The Bertz CT molecular complexity index is 1010. The first kappa shape index (κ1) is 23.8. The maximum absolute atomic E-state index is 13.1. The van der Waals surface area contributed by atoms with Crippen molar-refractivity contribution >= 4 is 56.2 Å². The van der Waals surface area contributed by atoms with E-state index in [-0.39, 0.29) is 18.3 Å². The number of hydrogen-bond donors (Lipinski definition) is 0. The summed E-state index contributed by atoms with van der Waals surface area (Å²) in [6, 6.07) is 9.86. The molecule has 1 saturated heterocycles. The van der Waals surface area contributed by atoms with Gasteiger partial charge in [0.2, 0.25) is 0 Å². The maximum atomic E-state index is 13.1. The molecular formula is C23H23BrFNO3S2. The standard InChI is InChI=1S/C23H23BrFNO3S2/c1-4-28-19-10-16(11-20-22(27)26(12-14(2)3)23(30)31-20)9-18(24)21(19)29-13-15-5-7-17(25)8-6-15/h5-11,14H,4,12-13H2,1-3H3/b20-11-. The second kappa shape index (κ2) is 10.6. The molecule has 0 bridgehead atoms. The minimum atomic E-state index is -0.289. The maximum Gasteiger partial charge on any atom is 0.266 e. The first-order valence-corrected chi connectivity index (χ1v) is 11.9. The van der Waals surface area contributed by atoms with E-state index in [1.807, 2.05) is 25.1 Å². The third-order valence-electron chi connectivity index (χ3n) is 4.35. The van der Waals surface area contributed by atoms with Crippen LogP contribution in [0.15, 0.2) is 45.8 Å². The molecule has 4 nitrogen and oxygen atoms in total. The van der Waals surface area contributed by atoms with E-state index in [1.165, 1.54) is 23.9 Å². The third-order valence-corrected chi connectivity index (χ3v) is 6.31. The van der Waals surface area contributed by atoms with Gasteiger partial charge in [0.1, 0.15) is 16.7 Å². The summed E-state index contributed by atoms with van der Waals surface area (Å²) in [5, 5.41) is 0. The van der Waals surface area contributed by atoms with Gasteiger partial charge < -0.3 is 9.47 Å². The first-order chi connectivity index (χ1) is 14.8. The van der Waals surface area contributed by atoms with E-state index in [4.69, 9.17) is 21.7 Å². The van der Waals surface area contributed by atoms with Gasteiger partial charge in [-0.05, 0) is 70.2 Å². The Balaban J connectivity index is 1.84. The van der Waals surface area contributed by atoms with Crippen molar-refractivity contribution in [3.8, 4) is 11.5 Å². The van der Waals surface area contributed by atoms with Gasteiger partial charge in [-0.2, -0.15) is 0 Å². The fraction of sp³-hybridized carbons (Fsp3) is 0.304. The Morgan fingerprint density at radius 3 is 2.58 bits per heavy atom. The summed E-state index contributed by atoms with van der Waals surface area (Å²) in [5.41, 5.74) is 1.64. The van der Waals surface area contributed by atoms with Crippen LogP contribution in [0, 0.1) is 11.7 Å². The number of halogens is 2. The summed E-state index contributed by atoms with van der Waals surface area (Å²) >= 11 is 10.2. The second-order valence-electron chi connectivity index (χ2n) is 7.36. The third kappa shape index (κ3) is 6.08.